The van der Waals surface area contributed by atoms with Gasteiger partial charge in [-0.25, -0.2) is 26.3 Å². The van der Waals surface area contributed by atoms with Gasteiger partial charge in [0, 0.05) is 71.2 Å². The van der Waals surface area contributed by atoms with Crippen molar-refractivity contribution in [1.29, 1.82) is 0 Å². The lowest BCUT2D eigenvalue weighted by molar-refractivity contribution is 0.295. The quantitative estimate of drug-likeness (QED) is 0.0910. The molecule has 0 fully saturated rings. The number of unbranched alkanes of at least 4 members (excludes halogenated alkanes) is 9. The molecule has 0 spiro atoms. The van der Waals surface area contributed by atoms with Crippen molar-refractivity contribution < 1.29 is 16.8 Å². The van der Waals surface area contributed by atoms with E-state index in [0.29, 0.717) is 33.2 Å². The van der Waals surface area contributed by atoms with Crippen LogP contribution in [0.2, 0.25) is 20.1 Å². The van der Waals surface area contributed by atoms with Crippen molar-refractivity contribution in [1.82, 2.24) is 19.2 Å². The third kappa shape index (κ3) is 11.8. The van der Waals surface area contributed by atoms with E-state index in [1.807, 2.05) is 38.4 Å². The monoisotopic (exact) mass is 906 g/mol. The number of halogens is 4. The van der Waals surface area contributed by atoms with E-state index in [1.54, 1.807) is 48.5 Å². The number of nitrogens with one attached hydrogen (secondary N) is 2. The molecule has 0 saturated carbocycles. The molecule has 0 saturated heterocycles. The molecule has 2 aliphatic rings. The summed E-state index contributed by atoms with van der Waals surface area (Å²) >= 11 is 25.8. The molecule has 4 aromatic carbocycles. The van der Waals surface area contributed by atoms with E-state index in [4.69, 9.17) is 46.4 Å². The standard InChI is InChI=1S/C44H54Cl4N4O4S2/c1-51-27-39(37-23-33(45)25-43(47)41(37)29-51)31-15-13-17-35(21-31)57(53,54)49-19-11-9-7-5-3-4-6-8-10-12-20-50-58(55,56)36-18-14-16-32(22-36)40-28-52(2)30-42-38(40)24-34(46)26-44(42)48/h13-18,21-26,39-40,49-50H,3-12,19-20,27-30H2,1-2H3. The summed E-state index contributed by atoms with van der Waals surface area (Å²) in [6.45, 7) is 3.72. The van der Waals surface area contributed by atoms with Crippen LogP contribution in [0.3, 0.4) is 0 Å². The number of rotatable bonds is 19. The van der Waals surface area contributed by atoms with Gasteiger partial charge in [0.05, 0.1) is 9.79 Å². The average Bonchev–Trinajstić information content (AvgIpc) is 3.18. The van der Waals surface area contributed by atoms with Gasteiger partial charge in [-0.3, -0.25) is 0 Å². The summed E-state index contributed by atoms with van der Waals surface area (Å²) in [6.07, 6.45) is 10.1. The van der Waals surface area contributed by atoms with Gasteiger partial charge in [0.25, 0.3) is 0 Å². The molecule has 2 heterocycles. The lowest BCUT2D eigenvalue weighted by Gasteiger charge is -2.33. The number of likely N-dealkylation sites (N-methyl/N-ethyl adjacent to an activating group) is 2. The van der Waals surface area contributed by atoms with Crippen LogP contribution in [0.4, 0.5) is 0 Å². The van der Waals surface area contributed by atoms with E-state index in [2.05, 4.69) is 19.2 Å². The van der Waals surface area contributed by atoms with E-state index in [-0.39, 0.29) is 21.6 Å². The fourth-order valence-electron chi connectivity index (χ4n) is 8.30. The third-order valence-electron chi connectivity index (χ3n) is 11.3. The fraction of sp³-hybridized carbons (Fsp3) is 0.455. The second kappa shape index (κ2) is 20.6. The largest absolute Gasteiger partial charge is 0.301 e. The molecule has 4 aromatic rings. The van der Waals surface area contributed by atoms with Gasteiger partial charge in [-0.1, -0.05) is 122 Å². The van der Waals surface area contributed by atoms with Gasteiger partial charge < -0.3 is 9.80 Å². The lowest BCUT2D eigenvalue weighted by Crippen LogP contribution is -2.31. The Hall–Kier alpha value is -2.22. The highest BCUT2D eigenvalue weighted by atomic mass is 35.5. The summed E-state index contributed by atoms with van der Waals surface area (Å²) in [5.74, 6) is -0.0700. The van der Waals surface area contributed by atoms with Crippen LogP contribution in [-0.4, -0.2) is 66.9 Å². The molecule has 2 unspecified atom stereocenters. The van der Waals surface area contributed by atoms with E-state index in [1.165, 1.54) is 0 Å². The second-order valence-electron chi connectivity index (χ2n) is 15.9. The summed E-state index contributed by atoms with van der Waals surface area (Å²) in [5, 5.41) is 2.42. The van der Waals surface area contributed by atoms with Gasteiger partial charge in [0.2, 0.25) is 20.0 Å². The Balaban J connectivity index is 0.844. The Morgan fingerprint density at radius 2 is 0.897 bits per heavy atom. The van der Waals surface area contributed by atoms with Crippen molar-refractivity contribution in [3.8, 4) is 0 Å². The predicted octanol–water partition coefficient (Wildman–Crippen LogP) is 10.6. The zero-order valence-corrected chi connectivity index (χ0v) is 37.9. The van der Waals surface area contributed by atoms with Gasteiger partial charge in [-0.15, -0.1) is 0 Å². The molecule has 0 aliphatic carbocycles. The van der Waals surface area contributed by atoms with Crippen LogP contribution in [0.25, 0.3) is 0 Å². The maximum Gasteiger partial charge on any atom is 0.240 e. The molecule has 2 aliphatic heterocycles. The normalized spacial score (nSPS) is 17.6. The maximum atomic E-state index is 13.2. The highest BCUT2D eigenvalue weighted by Crippen LogP contribution is 2.40. The number of hydrogen-bond acceptors (Lipinski definition) is 6. The molecule has 0 radical (unpaired) electrons. The first-order chi connectivity index (χ1) is 27.7. The predicted molar refractivity (Wildman–Crippen MR) is 239 cm³/mol. The minimum atomic E-state index is -3.65. The number of hydrogen-bond donors (Lipinski definition) is 2. The molecule has 14 heteroatoms. The molecule has 2 N–H and O–H groups in total. The zero-order chi connectivity index (χ0) is 41.5. The van der Waals surface area contributed by atoms with Crippen LogP contribution in [0, 0.1) is 0 Å². The number of benzene rings is 4. The minimum Gasteiger partial charge on any atom is -0.301 e. The molecule has 58 heavy (non-hydrogen) atoms. The average molecular weight is 909 g/mol. The Labute approximate surface area is 365 Å². The molecule has 314 valence electrons. The first-order valence-electron chi connectivity index (χ1n) is 20.2. The van der Waals surface area contributed by atoms with Crippen molar-refractivity contribution in [2.24, 2.45) is 0 Å². The van der Waals surface area contributed by atoms with Crippen LogP contribution in [0.15, 0.2) is 82.6 Å². The van der Waals surface area contributed by atoms with Crippen molar-refractivity contribution >= 4 is 66.5 Å². The van der Waals surface area contributed by atoms with Crippen molar-refractivity contribution in [2.45, 2.75) is 98.9 Å². The summed E-state index contributed by atoms with van der Waals surface area (Å²) < 4.78 is 58.5. The van der Waals surface area contributed by atoms with Gasteiger partial charge in [0.15, 0.2) is 0 Å². The molecule has 0 bridgehead atoms. The molecule has 8 nitrogen and oxygen atoms in total. The summed E-state index contributed by atoms with van der Waals surface area (Å²) in [5.41, 5.74) is 6.00. The molecule has 6 rings (SSSR count). The first kappa shape index (κ1) is 45.3. The van der Waals surface area contributed by atoms with Crippen LogP contribution in [0.1, 0.15) is 109 Å². The van der Waals surface area contributed by atoms with Gasteiger partial charge in [-0.2, -0.15) is 0 Å². The Kier molecular flexibility index (Phi) is 16.1. The maximum absolute atomic E-state index is 13.2. The van der Waals surface area contributed by atoms with Gasteiger partial charge in [0.1, 0.15) is 0 Å². The summed E-state index contributed by atoms with van der Waals surface area (Å²) in [6, 6.07) is 21.8. The molecule has 2 atom stereocenters. The molecular weight excluding hydrogens is 854 g/mol. The van der Waals surface area contributed by atoms with Crippen LogP contribution in [0.5, 0.6) is 0 Å². The highest BCUT2D eigenvalue weighted by molar-refractivity contribution is 7.89. The third-order valence-corrected chi connectivity index (χ3v) is 15.3. The first-order valence-corrected chi connectivity index (χ1v) is 24.7. The Morgan fingerprint density at radius 1 is 0.534 bits per heavy atom. The van der Waals surface area contributed by atoms with Crippen LogP contribution >= 0.6 is 46.4 Å². The van der Waals surface area contributed by atoms with Crippen LogP contribution < -0.4 is 9.44 Å². The van der Waals surface area contributed by atoms with Gasteiger partial charge in [-0.05, 0) is 109 Å². The fourth-order valence-corrected chi connectivity index (χ4v) is 11.7. The number of nitrogens with zero attached hydrogens (tertiary/aromatic N) is 2. The van der Waals surface area contributed by atoms with Gasteiger partial charge >= 0.3 is 0 Å². The highest BCUT2D eigenvalue weighted by Gasteiger charge is 2.30. The molecule has 0 amide bonds. The number of sulfonamides is 2. The minimum absolute atomic E-state index is 0.0350. The second-order valence-corrected chi connectivity index (χ2v) is 21.1. The lowest BCUT2D eigenvalue weighted by atomic mass is 9.85. The van der Waals surface area contributed by atoms with E-state index < -0.39 is 20.0 Å². The van der Waals surface area contributed by atoms with E-state index in [9.17, 15) is 16.8 Å². The SMILES string of the molecule is CN1Cc2c(Cl)cc(Cl)cc2C(c2cccc(S(=O)(=O)NCCCCCCCCCCCCNS(=O)(=O)c3cccc(C4CN(C)Cc5c(Cl)cc(Cl)cc54)c3)c2)C1. The topological polar surface area (TPSA) is 98.8 Å². The Bertz CT molecular complexity index is 2120. The van der Waals surface area contributed by atoms with Crippen molar-refractivity contribution in [3.05, 3.63) is 126 Å². The Morgan fingerprint density at radius 3 is 1.28 bits per heavy atom. The summed E-state index contributed by atoms with van der Waals surface area (Å²) in [4.78, 5) is 4.91. The van der Waals surface area contributed by atoms with Crippen LogP contribution in [-0.2, 0) is 33.1 Å². The zero-order valence-electron chi connectivity index (χ0n) is 33.3. The van der Waals surface area contributed by atoms with Crippen molar-refractivity contribution in [3.63, 3.8) is 0 Å². The summed E-state index contributed by atoms with van der Waals surface area (Å²) in [7, 11) is -3.22. The smallest absolute Gasteiger partial charge is 0.240 e. The van der Waals surface area contributed by atoms with E-state index in [0.717, 1.165) is 124 Å². The molecular formula is C44H54Cl4N4O4S2. The van der Waals surface area contributed by atoms with Crippen molar-refractivity contribution in [2.75, 3.05) is 40.3 Å². The number of fused-ring (bicyclic) bond motifs is 2. The van der Waals surface area contributed by atoms with E-state index >= 15 is 0 Å². The molecule has 0 aromatic heterocycles.